The van der Waals surface area contributed by atoms with E-state index in [1.165, 1.54) is 24.4 Å². The van der Waals surface area contributed by atoms with Crippen molar-refractivity contribution in [2.24, 2.45) is 11.8 Å². The maximum absolute atomic E-state index is 12.8. The minimum Gasteiger partial charge on any atom is -0.347 e. The van der Waals surface area contributed by atoms with Crippen LogP contribution in [0.4, 0.5) is 0 Å². The summed E-state index contributed by atoms with van der Waals surface area (Å²) in [6, 6.07) is 5.66. The molecule has 154 valence electrons. The standard InChI is InChI=1S/C22H28N4O2S/c27-20(12-16-6-1-2-7-16)25-21(19-9-3-4-10-23-19)17-8-5-11-26(14-17)22(28)18-13-24-29-15-18/h3-4,9-10,13,15-17,21H,1-2,5-8,11-12,14H2,(H,25,27)/t17-,21-/m1/s1. The molecule has 0 aromatic carbocycles. The summed E-state index contributed by atoms with van der Waals surface area (Å²) in [6.07, 6.45) is 10.7. The van der Waals surface area contributed by atoms with Crippen molar-refractivity contribution < 1.29 is 9.59 Å². The molecule has 2 amide bonds. The van der Waals surface area contributed by atoms with Crippen LogP contribution >= 0.6 is 11.5 Å². The van der Waals surface area contributed by atoms with Gasteiger partial charge in [0.2, 0.25) is 5.91 Å². The first-order chi connectivity index (χ1) is 14.2. The van der Waals surface area contributed by atoms with Gasteiger partial charge in [-0.2, -0.15) is 0 Å². The Morgan fingerprint density at radius 3 is 2.79 bits per heavy atom. The number of carbonyl (C=O) groups is 2. The van der Waals surface area contributed by atoms with E-state index in [4.69, 9.17) is 0 Å². The van der Waals surface area contributed by atoms with E-state index >= 15 is 0 Å². The summed E-state index contributed by atoms with van der Waals surface area (Å²) in [7, 11) is 0. The number of rotatable bonds is 6. The molecule has 2 fully saturated rings. The van der Waals surface area contributed by atoms with Crippen molar-refractivity contribution >= 4 is 23.3 Å². The van der Waals surface area contributed by atoms with E-state index < -0.39 is 0 Å². The molecule has 2 atom stereocenters. The third kappa shape index (κ3) is 5.01. The number of likely N-dealkylation sites (tertiary alicyclic amines) is 1. The van der Waals surface area contributed by atoms with Gasteiger partial charge in [0.05, 0.1) is 23.5 Å². The molecule has 1 aliphatic heterocycles. The first-order valence-electron chi connectivity index (χ1n) is 10.6. The highest BCUT2D eigenvalue weighted by atomic mass is 32.1. The van der Waals surface area contributed by atoms with Crippen LogP contribution in [0.2, 0.25) is 0 Å². The molecule has 3 heterocycles. The van der Waals surface area contributed by atoms with Crippen molar-refractivity contribution in [2.45, 2.75) is 51.0 Å². The smallest absolute Gasteiger partial charge is 0.256 e. The Labute approximate surface area is 175 Å². The zero-order chi connectivity index (χ0) is 20.1. The van der Waals surface area contributed by atoms with Crippen molar-refractivity contribution in [3.05, 3.63) is 47.2 Å². The van der Waals surface area contributed by atoms with E-state index in [1.807, 2.05) is 23.1 Å². The molecule has 6 nitrogen and oxygen atoms in total. The third-order valence-corrected chi connectivity index (χ3v) is 6.75. The second-order valence-corrected chi connectivity index (χ2v) is 8.88. The van der Waals surface area contributed by atoms with Crippen molar-refractivity contribution in [1.82, 2.24) is 19.6 Å². The van der Waals surface area contributed by atoms with Crippen LogP contribution in [0.25, 0.3) is 0 Å². The number of hydrogen-bond donors (Lipinski definition) is 1. The van der Waals surface area contributed by atoms with Gasteiger partial charge in [0.15, 0.2) is 0 Å². The van der Waals surface area contributed by atoms with Gasteiger partial charge in [-0.25, -0.2) is 4.37 Å². The molecule has 2 aromatic rings. The van der Waals surface area contributed by atoms with E-state index in [0.717, 1.165) is 37.9 Å². The Hall–Kier alpha value is -2.28. The number of nitrogens with zero attached hydrogens (tertiary/aromatic N) is 3. The molecule has 1 aliphatic carbocycles. The van der Waals surface area contributed by atoms with E-state index in [1.54, 1.807) is 17.8 Å². The molecule has 0 unspecified atom stereocenters. The molecule has 1 N–H and O–H groups in total. The van der Waals surface area contributed by atoms with Crippen LogP contribution in [0.3, 0.4) is 0 Å². The van der Waals surface area contributed by atoms with Crippen molar-refractivity contribution in [2.75, 3.05) is 13.1 Å². The SMILES string of the molecule is O=C(CC1CCCC1)N[C@@H](c1ccccn1)[C@@H]1CCCN(C(=O)c2cnsc2)C1. The maximum atomic E-state index is 12.8. The molecule has 7 heteroatoms. The molecular weight excluding hydrogens is 384 g/mol. The van der Waals surface area contributed by atoms with Gasteiger partial charge in [-0.1, -0.05) is 18.9 Å². The van der Waals surface area contributed by atoms with Crippen LogP contribution in [-0.4, -0.2) is 39.2 Å². The third-order valence-electron chi connectivity index (χ3n) is 6.17. The average molecular weight is 413 g/mol. The van der Waals surface area contributed by atoms with Gasteiger partial charge in [-0.05, 0) is 55.3 Å². The van der Waals surface area contributed by atoms with Crippen LogP contribution < -0.4 is 5.32 Å². The summed E-state index contributed by atoms with van der Waals surface area (Å²) >= 11 is 1.29. The van der Waals surface area contributed by atoms with Gasteiger partial charge in [-0.3, -0.25) is 14.6 Å². The van der Waals surface area contributed by atoms with E-state index in [9.17, 15) is 9.59 Å². The highest BCUT2D eigenvalue weighted by molar-refractivity contribution is 7.03. The van der Waals surface area contributed by atoms with Gasteiger partial charge < -0.3 is 10.2 Å². The number of carbonyl (C=O) groups excluding carboxylic acids is 2. The molecule has 2 aliphatic rings. The molecule has 0 radical (unpaired) electrons. The normalized spacial score (nSPS) is 21.1. The van der Waals surface area contributed by atoms with Crippen LogP contribution in [0.1, 0.15) is 67.0 Å². The lowest BCUT2D eigenvalue weighted by Gasteiger charge is -2.37. The Kier molecular flexibility index (Phi) is 6.54. The number of nitrogens with one attached hydrogen (secondary N) is 1. The predicted octanol–water partition coefficient (Wildman–Crippen LogP) is 3.83. The molecule has 4 rings (SSSR count). The number of piperidine rings is 1. The molecule has 0 bridgehead atoms. The van der Waals surface area contributed by atoms with Crippen LogP contribution in [0.5, 0.6) is 0 Å². The summed E-state index contributed by atoms with van der Waals surface area (Å²) in [6.45, 7) is 1.37. The Morgan fingerprint density at radius 1 is 1.21 bits per heavy atom. The lowest BCUT2D eigenvalue weighted by atomic mass is 9.87. The van der Waals surface area contributed by atoms with Gasteiger partial charge in [-0.15, -0.1) is 0 Å². The first kappa shape index (κ1) is 20.0. The zero-order valence-corrected chi connectivity index (χ0v) is 17.4. The van der Waals surface area contributed by atoms with Gasteiger partial charge >= 0.3 is 0 Å². The Morgan fingerprint density at radius 2 is 2.07 bits per heavy atom. The summed E-state index contributed by atoms with van der Waals surface area (Å²) in [5.41, 5.74) is 1.53. The van der Waals surface area contributed by atoms with Gasteiger partial charge in [0.25, 0.3) is 5.91 Å². The van der Waals surface area contributed by atoms with Crippen molar-refractivity contribution in [3.8, 4) is 0 Å². The van der Waals surface area contributed by atoms with Gasteiger partial charge in [0.1, 0.15) is 0 Å². The van der Waals surface area contributed by atoms with Crippen LogP contribution in [-0.2, 0) is 4.79 Å². The minimum atomic E-state index is -0.165. The fourth-order valence-corrected chi connectivity index (χ4v) is 5.17. The highest BCUT2D eigenvalue weighted by Gasteiger charge is 2.33. The van der Waals surface area contributed by atoms with E-state index in [0.29, 0.717) is 24.4 Å². The molecule has 1 saturated carbocycles. The topological polar surface area (TPSA) is 75.2 Å². The summed E-state index contributed by atoms with van der Waals surface area (Å²) in [5.74, 6) is 0.801. The fraction of sp³-hybridized carbons (Fsp3) is 0.545. The highest BCUT2D eigenvalue weighted by Crippen LogP contribution is 2.31. The van der Waals surface area contributed by atoms with Crippen molar-refractivity contribution in [3.63, 3.8) is 0 Å². The summed E-state index contributed by atoms with van der Waals surface area (Å²) < 4.78 is 4.06. The molecule has 0 spiro atoms. The second kappa shape index (κ2) is 9.48. The average Bonchev–Trinajstić information content (AvgIpc) is 3.47. The number of amides is 2. The molecule has 29 heavy (non-hydrogen) atoms. The lowest BCUT2D eigenvalue weighted by molar-refractivity contribution is -0.123. The number of aromatic nitrogens is 2. The molecule has 1 saturated heterocycles. The maximum Gasteiger partial charge on any atom is 0.256 e. The van der Waals surface area contributed by atoms with Crippen LogP contribution in [0, 0.1) is 11.8 Å². The Balaban J connectivity index is 1.47. The summed E-state index contributed by atoms with van der Waals surface area (Å²) in [4.78, 5) is 32.0. The zero-order valence-electron chi connectivity index (χ0n) is 16.6. The Bertz CT molecular complexity index is 805. The largest absolute Gasteiger partial charge is 0.347 e. The van der Waals surface area contributed by atoms with Crippen LogP contribution in [0.15, 0.2) is 36.0 Å². The van der Waals surface area contributed by atoms with E-state index in [2.05, 4.69) is 14.7 Å². The van der Waals surface area contributed by atoms with E-state index in [-0.39, 0.29) is 23.8 Å². The number of pyridine rings is 1. The lowest BCUT2D eigenvalue weighted by Crippen LogP contribution is -2.45. The minimum absolute atomic E-state index is 0.0282. The second-order valence-electron chi connectivity index (χ2n) is 8.22. The summed E-state index contributed by atoms with van der Waals surface area (Å²) in [5, 5.41) is 5.07. The quantitative estimate of drug-likeness (QED) is 0.782. The molecular formula is C22H28N4O2S. The van der Waals surface area contributed by atoms with Crippen molar-refractivity contribution in [1.29, 1.82) is 0 Å². The predicted molar refractivity (Wildman–Crippen MR) is 112 cm³/mol. The molecule has 2 aromatic heterocycles. The first-order valence-corrected chi connectivity index (χ1v) is 11.4. The van der Waals surface area contributed by atoms with Gasteiger partial charge in [0, 0.05) is 37.0 Å². The number of hydrogen-bond acceptors (Lipinski definition) is 5. The fourth-order valence-electron chi connectivity index (χ4n) is 4.66. The monoisotopic (exact) mass is 412 g/mol.